The third-order valence-electron chi connectivity index (χ3n) is 9.85. The minimum absolute atomic E-state index is 0. The SMILES string of the molecule is C[C@H]1CCC2=C1[C-](NC(=O)c1cccc(C=Nc3ccccc3N=Cc3cccc(C(=O)Nc4cccc5c4[C@@H](C)CC5)c3[O-])c1[O-])CC=C2.[Ni+3]. The van der Waals surface area contributed by atoms with Gasteiger partial charge in [0, 0.05) is 29.2 Å². The van der Waals surface area contributed by atoms with Crippen LogP contribution in [0.15, 0.2) is 112 Å². The number of rotatable bonds is 8. The summed E-state index contributed by atoms with van der Waals surface area (Å²) in [7, 11) is 0. The first-order valence-electron chi connectivity index (χ1n) is 17.1. The first-order chi connectivity index (χ1) is 24.3. The standard InChI is InChI=1S/C42H39N4O4.Ni/c1-25-19-21-27-9-7-17-35(37(25)27)45-41(49)31-13-5-11-29(39(31)47)23-43-33-15-3-4-16-34(33)44-24-30-12-6-14-32(40(30)48)42(50)46-36-18-8-10-28-22-20-26(2)38(28)36;/h3-17,23-26,47-48H,18-22H2,1-2H3,(H,45,49)(H,46,50);/q-1;+3/p-2/t25-,26-;/m0./s1. The number of hydrogen-bond acceptors (Lipinski definition) is 6. The molecule has 0 saturated carbocycles. The van der Waals surface area contributed by atoms with E-state index in [2.05, 4.69) is 52.7 Å². The van der Waals surface area contributed by atoms with Gasteiger partial charge in [0.1, 0.15) is 0 Å². The fourth-order valence-corrected chi connectivity index (χ4v) is 7.24. The van der Waals surface area contributed by atoms with E-state index in [9.17, 15) is 19.8 Å². The largest absolute Gasteiger partial charge is 3.00 e. The molecule has 0 bridgehead atoms. The van der Waals surface area contributed by atoms with Gasteiger partial charge in [0.15, 0.2) is 0 Å². The van der Waals surface area contributed by atoms with Crippen LogP contribution in [0.1, 0.15) is 88.4 Å². The number of para-hydroxylation sites is 4. The molecule has 259 valence electrons. The molecule has 4 aromatic carbocycles. The number of nitrogens with zero attached hydrogens (tertiary/aromatic N) is 2. The van der Waals surface area contributed by atoms with E-state index in [0.717, 1.165) is 43.0 Å². The zero-order chi connectivity index (χ0) is 34.8. The van der Waals surface area contributed by atoms with Gasteiger partial charge in [0.05, 0.1) is 11.4 Å². The molecule has 4 aromatic rings. The Hall–Kier alpha value is -5.40. The van der Waals surface area contributed by atoms with Gasteiger partial charge in [-0.05, 0) is 59.2 Å². The van der Waals surface area contributed by atoms with Gasteiger partial charge in [-0.2, -0.15) is 11.1 Å². The Bertz CT molecular complexity index is 2120. The topological polar surface area (TPSA) is 129 Å². The normalized spacial score (nSPS) is 17.8. The molecule has 2 atom stereocenters. The van der Waals surface area contributed by atoms with Crippen molar-refractivity contribution in [3.05, 3.63) is 142 Å². The quantitative estimate of drug-likeness (QED) is 0.111. The number of anilines is 1. The van der Waals surface area contributed by atoms with Gasteiger partial charge in [0.2, 0.25) is 5.91 Å². The number of fused-ring (bicyclic) bond motifs is 1. The molecule has 8 nitrogen and oxygen atoms in total. The van der Waals surface area contributed by atoms with Crippen LogP contribution in [-0.2, 0) is 22.9 Å². The van der Waals surface area contributed by atoms with E-state index < -0.39 is 23.3 Å². The van der Waals surface area contributed by atoms with Crippen molar-refractivity contribution in [3.63, 3.8) is 0 Å². The maximum atomic E-state index is 13.4. The van der Waals surface area contributed by atoms with Gasteiger partial charge >= 0.3 is 16.5 Å². The van der Waals surface area contributed by atoms with Crippen LogP contribution in [0.2, 0.25) is 0 Å². The molecule has 3 aliphatic rings. The molecule has 0 heterocycles. The van der Waals surface area contributed by atoms with Gasteiger partial charge in [-0.25, -0.2) is 0 Å². The number of aliphatic imine (C=N–C) groups is 2. The molecular weight excluding hydrogens is 683 g/mol. The Morgan fingerprint density at radius 1 is 0.765 bits per heavy atom. The molecule has 0 spiro atoms. The van der Waals surface area contributed by atoms with Gasteiger partial charge in [-0.15, -0.1) is 18.2 Å². The van der Waals surface area contributed by atoms with Crippen molar-refractivity contribution < 1.29 is 36.3 Å². The number of amides is 2. The summed E-state index contributed by atoms with van der Waals surface area (Å²) in [5, 5.41) is 32.7. The molecule has 0 unspecified atom stereocenters. The van der Waals surface area contributed by atoms with Crippen molar-refractivity contribution in [1.29, 1.82) is 0 Å². The minimum Gasteiger partial charge on any atom is -0.871 e. The molecule has 51 heavy (non-hydrogen) atoms. The van der Waals surface area contributed by atoms with Crippen molar-refractivity contribution in [2.45, 2.75) is 51.9 Å². The summed E-state index contributed by atoms with van der Waals surface area (Å²) in [5.74, 6) is -1.04. The van der Waals surface area contributed by atoms with Gasteiger partial charge in [0.25, 0.3) is 5.91 Å². The average molecular weight is 720 g/mol. The first kappa shape index (κ1) is 35.4. The Morgan fingerprint density at radius 3 is 2.04 bits per heavy atom. The molecular formula is C42H37N4NiO4. The predicted octanol–water partition coefficient (Wildman–Crippen LogP) is 7.58. The van der Waals surface area contributed by atoms with Crippen LogP contribution in [0.25, 0.3) is 0 Å². The third-order valence-corrected chi connectivity index (χ3v) is 9.85. The number of nitrogens with one attached hydrogen (secondary N) is 2. The molecule has 0 aliphatic heterocycles. The van der Waals surface area contributed by atoms with E-state index >= 15 is 0 Å². The van der Waals surface area contributed by atoms with Crippen molar-refractivity contribution >= 4 is 41.3 Å². The number of allylic oxidation sites excluding steroid dienone is 2. The second kappa shape index (κ2) is 15.2. The van der Waals surface area contributed by atoms with E-state index in [1.807, 2.05) is 12.1 Å². The van der Waals surface area contributed by atoms with Crippen molar-refractivity contribution in [2.24, 2.45) is 15.9 Å². The number of carbonyl (C=O) groups is 2. The van der Waals surface area contributed by atoms with E-state index in [0.29, 0.717) is 29.6 Å². The van der Waals surface area contributed by atoms with E-state index in [4.69, 9.17) is 0 Å². The second-order valence-corrected chi connectivity index (χ2v) is 13.1. The van der Waals surface area contributed by atoms with Crippen molar-refractivity contribution in [3.8, 4) is 11.5 Å². The maximum Gasteiger partial charge on any atom is 3.00 e. The van der Waals surface area contributed by atoms with E-state index in [1.54, 1.807) is 48.5 Å². The molecule has 2 amide bonds. The maximum absolute atomic E-state index is 13.4. The molecule has 7 rings (SSSR count). The molecule has 9 heteroatoms. The third kappa shape index (κ3) is 7.26. The summed E-state index contributed by atoms with van der Waals surface area (Å²) in [6, 6.07) is 23.4. The number of aryl methyl sites for hydroxylation is 1. The summed E-state index contributed by atoms with van der Waals surface area (Å²) < 4.78 is 0. The summed E-state index contributed by atoms with van der Waals surface area (Å²) >= 11 is 0. The van der Waals surface area contributed by atoms with Crippen LogP contribution in [0.3, 0.4) is 0 Å². The Balaban J connectivity index is 0.00000448. The number of carbonyl (C=O) groups excluding carboxylic acids is 2. The van der Waals surface area contributed by atoms with Crippen LogP contribution in [0, 0.1) is 12.0 Å². The zero-order valence-corrected chi connectivity index (χ0v) is 29.3. The molecule has 0 fully saturated rings. The monoisotopic (exact) mass is 719 g/mol. The fourth-order valence-electron chi connectivity index (χ4n) is 7.24. The number of hydrogen-bond donors (Lipinski definition) is 2. The van der Waals surface area contributed by atoms with E-state index in [-0.39, 0.29) is 38.7 Å². The predicted molar refractivity (Wildman–Crippen MR) is 194 cm³/mol. The molecule has 3 aliphatic carbocycles. The summed E-state index contributed by atoms with van der Waals surface area (Å²) in [6.45, 7) is 4.31. The van der Waals surface area contributed by atoms with E-state index in [1.165, 1.54) is 41.3 Å². The minimum atomic E-state index is -0.462. The van der Waals surface area contributed by atoms with Gasteiger partial charge in [-0.3, -0.25) is 19.6 Å². The fraction of sp³-hybridized carbons (Fsp3) is 0.214. The van der Waals surface area contributed by atoms with Crippen LogP contribution < -0.4 is 20.8 Å². The Morgan fingerprint density at radius 2 is 1.37 bits per heavy atom. The van der Waals surface area contributed by atoms with Crippen LogP contribution in [0.5, 0.6) is 11.5 Å². The number of benzene rings is 4. The second-order valence-electron chi connectivity index (χ2n) is 13.1. The summed E-state index contributed by atoms with van der Waals surface area (Å²) in [4.78, 5) is 35.6. The molecule has 1 radical (unpaired) electrons. The molecule has 0 aromatic heterocycles. The summed E-state index contributed by atoms with van der Waals surface area (Å²) in [6.07, 6.45) is 11.7. The molecule has 0 saturated heterocycles. The Labute approximate surface area is 308 Å². The zero-order valence-electron chi connectivity index (χ0n) is 28.3. The average Bonchev–Trinajstić information content (AvgIpc) is 3.70. The van der Waals surface area contributed by atoms with Gasteiger partial charge < -0.3 is 20.8 Å². The summed E-state index contributed by atoms with van der Waals surface area (Å²) in [5.41, 5.74) is 7.07. The molecule has 2 N–H and O–H groups in total. The smallest absolute Gasteiger partial charge is 0.871 e. The van der Waals surface area contributed by atoms with Crippen LogP contribution in [0.4, 0.5) is 17.1 Å². The van der Waals surface area contributed by atoms with Crippen LogP contribution >= 0.6 is 0 Å². The Kier molecular flexibility index (Phi) is 10.6. The van der Waals surface area contributed by atoms with Gasteiger partial charge in [-0.1, -0.05) is 111 Å². The van der Waals surface area contributed by atoms with Crippen molar-refractivity contribution in [2.75, 3.05) is 5.32 Å². The van der Waals surface area contributed by atoms with Crippen molar-refractivity contribution in [1.82, 2.24) is 5.32 Å². The first-order valence-corrected chi connectivity index (χ1v) is 17.1. The van der Waals surface area contributed by atoms with Crippen LogP contribution in [-0.4, -0.2) is 24.2 Å².